The summed E-state index contributed by atoms with van der Waals surface area (Å²) in [6.07, 6.45) is -2.40. The van der Waals surface area contributed by atoms with Gasteiger partial charge in [0.25, 0.3) is 0 Å². The Morgan fingerprint density at radius 1 is 0.891 bits per heavy atom. The number of phenolic OH excluding ortho intramolecular Hbond substituents is 1. The van der Waals surface area contributed by atoms with E-state index in [9.17, 15) is 53.6 Å². The zero-order chi connectivity index (χ0) is 34.7. The molecule has 0 aliphatic heterocycles. The van der Waals surface area contributed by atoms with Gasteiger partial charge >= 0.3 is 0 Å². The Morgan fingerprint density at radius 3 is 1.89 bits per heavy atom. The van der Waals surface area contributed by atoms with Gasteiger partial charge in [0.05, 0.1) is 25.1 Å². The van der Waals surface area contributed by atoms with Gasteiger partial charge in [0.2, 0.25) is 0 Å². The van der Waals surface area contributed by atoms with Gasteiger partial charge in [-0.1, -0.05) is 15.2 Å². The van der Waals surface area contributed by atoms with E-state index >= 15 is 0 Å². The zero-order valence-electron chi connectivity index (χ0n) is 23.9. The minimum absolute atomic E-state index is 0.0456. The van der Waals surface area contributed by atoms with E-state index in [4.69, 9.17) is 4.74 Å². The molecule has 0 saturated heterocycles. The Balaban J connectivity index is 2.39. The van der Waals surface area contributed by atoms with E-state index in [1.807, 2.05) is 45.2 Å². The number of halogens is 2. The summed E-state index contributed by atoms with van der Waals surface area (Å²) >= 11 is 3.99. The van der Waals surface area contributed by atoms with Crippen molar-refractivity contribution in [3.63, 3.8) is 0 Å². The molecule has 1 unspecified atom stereocenters. The third-order valence-electron chi connectivity index (χ3n) is 6.08. The molecule has 2 rings (SSSR count). The molecule has 0 saturated carbocycles. The van der Waals surface area contributed by atoms with Crippen LogP contribution in [0.2, 0.25) is 0 Å². The van der Waals surface area contributed by atoms with Crippen LogP contribution in [0.4, 0.5) is 0 Å². The molecule has 46 heavy (non-hydrogen) atoms. The van der Waals surface area contributed by atoms with Crippen LogP contribution in [0.3, 0.4) is 0 Å². The van der Waals surface area contributed by atoms with Gasteiger partial charge in [-0.05, 0) is 93.6 Å². The summed E-state index contributed by atoms with van der Waals surface area (Å²) in [6.45, 7) is -2.84. The summed E-state index contributed by atoms with van der Waals surface area (Å²) in [7, 11) is -7.37. The highest BCUT2D eigenvalue weighted by Crippen LogP contribution is 2.34. The van der Waals surface area contributed by atoms with Crippen molar-refractivity contribution >= 4 is 72.3 Å². The van der Waals surface area contributed by atoms with Crippen LogP contribution in [0.5, 0.6) is 17.2 Å². The van der Waals surface area contributed by atoms with Crippen molar-refractivity contribution in [3.05, 3.63) is 56.2 Å². The third kappa shape index (κ3) is 15.6. The Kier molecular flexibility index (Phi) is 16.7. The van der Waals surface area contributed by atoms with Crippen LogP contribution in [-0.4, -0.2) is 89.8 Å². The highest BCUT2D eigenvalue weighted by atomic mass is 127. The predicted octanol–water partition coefficient (Wildman–Crippen LogP) is -2.85. The first-order valence-corrected chi connectivity index (χ1v) is 18.6. The largest absolute Gasteiger partial charge is 0.810 e. The fourth-order valence-electron chi connectivity index (χ4n) is 4.17. The number of carbonyl (C=O) groups excluding carboxylic acids is 2. The monoisotopic (exact) mass is 910 g/mol. The highest BCUT2D eigenvalue weighted by Gasteiger charge is 2.24. The number of phenols is 1. The minimum Gasteiger partial charge on any atom is -0.810 e. The quantitative estimate of drug-likeness (QED) is 0.0330. The molecule has 2 aromatic rings. The molecule has 0 aliphatic rings. The fourth-order valence-corrected chi connectivity index (χ4v) is 7.73. The summed E-state index contributed by atoms with van der Waals surface area (Å²) in [5.74, 6) is -2.34. The lowest BCUT2D eigenvalue weighted by molar-refractivity contribution is -0.320. The number of benzene rings is 2. The van der Waals surface area contributed by atoms with Crippen LogP contribution in [0, 0.1) is 14.3 Å². The molecule has 2 aromatic carbocycles. The van der Waals surface area contributed by atoms with Gasteiger partial charge in [0, 0.05) is 45.3 Å². The number of carboxylic acid groups (broad SMARTS) is 2. The van der Waals surface area contributed by atoms with Gasteiger partial charge in [-0.2, -0.15) is 7.11 Å². The average Bonchev–Trinajstić information content (AvgIpc) is 2.91. The van der Waals surface area contributed by atoms with Crippen molar-refractivity contribution in [1.82, 2.24) is 14.7 Å². The molecule has 0 spiro atoms. The van der Waals surface area contributed by atoms with Crippen LogP contribution < -0.4 is 34.5 Å². The first-order chi connectivity index (χ1) is 21.4. The molecule has 1 atom stereocenters. The lowest BCUT2D eigenvalue weighted by atomic mass is 10.0. The summed E-state index contributed by atoms with van der Waals surface area (Å²) in [5.41, 5.74) is 0.496. The number of rotatable bonds is 21. The van der Waals surface area contributed by atoms with Gasteiger partial charge in [0.15, 0.2) is 5.75 Å². The molecular weight excluding hydrogens is 882 g/mol. The molecule has 0 fully saturated rings. The molecule has 21 heteroatoms. The minimum atomic E-state index is -5.23. The van der Waals surface area contributed by atoms with Crippen LogP contribution in [0.25, 0.3) is 0 Å². The summed E-state index contributed by atoms with van der Waals surface area (Å²) in [4.78, 5) is 81.1. The Hall–Kier alpha value is -1.46. The Labute approximate surface area is 291 Å². The van der Waals surface area contributed by atoms with Crippen molar-refractivity contribution in [2.45, 2.75) is 12.5 Å². The lowest BCUT2D eigenvalue weighted by Crippen LogP contribution is -2.54. The van der Waals surface area contributed by atoms with E-state index in [1.54, 1.807) is 24.3 Å². The van der Waals surface area contributed by atoms with Crippen LogP contribution >= 0.6 is 60.4 Å². The molecule has 258 valence electrons. The van der Waals surface area contributed by atoms with E-state index in [1.165, 1.54) is 17.0 Å². The van der Waals surface area contributed by atoms with Crippen molar-refractivity contribution in [1.29, 1.82) is 0 Å². The maximum absolute atomic E-state index is 12.5. The van der Waals surface area contributed by atoms with Crippen LogP contribution in [0.15, 0.2) is 36.4 Å². The highest BCUT2D eigenvalue weighted by molar-refractivity contribution is 14.1. The topological polar surface area (TPSA) is 264 Å². The smallest absolute Gasteiger partial charge is 0.154 e. The number of nitrogens with zero attached hydrogens (tertiary/aromatic N) is 3. The number of aromatic hydroxyl groups is 1. The number of hydrogen-bond acceptors (Lipinski definition) is 17. The number of ether oxygens (including phenoxy) is 1. The Bertz CT molecular complexity index is 1390. The second-order valence-corrected chi connectivity index (χ2v) is 15.1. The van der Waals surface area contributed by atoms with Crippen LogP contribution in [-0.2, 0) is 34.9 Å². The summed E-state index contributed by atoms with van der Waals surface area (Å²) in [5, 5.41) is 33.2. The zero-order valence-corrected chi connectivity index (χ0v) is 30.0. The first-order valence-electron chi connectivity index (χ1n) is 13.0. The van der Waals surface area contributed by atoms with Gasteiger partial charge < -0.3 is 63.2 Å². The van der Waals surface area contributed by atoms with Gasteiger partial charge in [-0.15, -0.1) is 0 Å². The average molecular weight is 910 g/mol. The number of carboxylic acids is 2. The van der Waals surface area contributed by atoms with Gasteiger partial charge in [0.1, 0.15) is 18.2 Å². The van der Waals surface area contributed by atoms with Gasteiger partial charge in [-0.25, -0.2) is 0 Å². The maximum atomic E-state index is 12.5. The molecule has 0 aliphatic carbocycles. The van der Waals surface area contributed by atoms with Crippen LogP contribution in [0.1, 0.15) is 5.56 Å². The Morgan fingerprint density at radius 2 is 1.41 bits per heavy atom. The molecule has 0 bridgehead atoms. The van der Waals surface area contributed by atoms with Crippen molar-refractivity contribution in [3.8, 4) is 17.2 Å². The van der Waals surface area contributed by atoms with Crippen molar-refractivity contribution in [2.75, 3.05) is 52.0 Å². The number of aliphatic carboxylic acids is 2. The number of hydrogen-bond donors (Lipinski definition) is 1. The second-order valence-electron chi connectivity index (χ2n) is 9.75. The molecule has 0 radical (unpaired) electrons. The van der Waals surface area contributed by atoms with E-state index in [-0.39, 0.29) is 31.8 Å². The molecule has 0 amide bonds. The number of carbonyl (C=O) groups is 2. The van der Waals surface area contributed by atoms with E-state index < -0.39 is 65.6 Å². The van der Waals surface area contributed by atoms with E-state index in [2.05, 4.69) is 16.9 Å². The fraction of sp³-hybridized carbons (Fsp3) is 0.400. The lowest BCUT2D eigenvalue weighted by Gasteiger charge is -2.40. The van der Waals surface area contributed by atoms with Crippen molar-refractivity contribution < 1.29 is 68.1 Å². The third-order valence-corrected chi connectivity index (χ3v) is 9.18. The predicted molar refractivity (Wildman–Crippen MR) is 165 cm³/mol. The first kappa shape index (κ1) is 40.7. The SMILES string of the molecule is [CH2-]OOCN(CCN(CCN(CC(=O)[O-])CP(=O)([O-])[O-])C(Cc1cc(I)c(Oc2ccc(O)cc2)c(I)c1)C(=O)[O-])CP(=O)([O-])[O-]. The second kappa shape index (κ2) is 18.9. The molecular formula is C25H28I2N3O14P2-7. The molecule has 0 aromatic heterocycles. The maximum Gasteiger partial charge on any atom is 0.154 e. The van der Waals surface area contributed by atoms with E-state index in [0.717, 1.165) is 9.80 Å². The van der Waals surface area contributed by atoms with E-state index in [0.29, 0.717) is 24.2 Å². The molecule has 17 nitrogen and oxygen atoms in total. The summed E-state index contributed by atoms with van der Waals surface area (Å²) < 4.78 is 29.9. The standard InChI is InChI=1S/C25H34I2N3O14P2/c1-42-43-14-29(16-46(39,40)41)7-9-30(8-6-28(13-23(32)33)15-45(36,37)38)22(25(34)35)12-17-10-20(26)24(21(27)11-17)44-19-4-2-18(31)3-5-19/h2-5,10-11,22,31H,1,6-9,12-16H2,(H,32,33)(H,34,35)(H2,36,37,38)(H2,39,40,41)/q-1/p-6. The summed E-state index contributed by atoms with van der Waals surface area (Å²) in [6, 6.07) is 7.83. The molecule has 1 N–H and O–H groups in total. The van der Waals surface area contributed by atoms with Gasteiger partial charge in [-0.3, -0.25) is 19.6 Å². The molecule has 0 heterocycles. The van der Waals surface area contributed by atoms with Crippen molar-refractivity contribution in [2.24, 2.45) is 0 Å². The normalized spacial score (nSPS) is 13.0.